The van der Waals surface area contributed by atoms with Crippen LogP contribution in [0, 0.1) is 22.6 Å². The zero-order chi connectivity index (χ0) is 11.3. The van der Waals surface area contributed by atoms with Gasteiger partial charge in [0.25, 0.3) is 0 Å². The molecule has 0 amide bonds. The smallest absolute Gasteiger partial charge is 0.201 e. The Morgan fingerprint density at radius 3 is 2.53 bits per heavy atom. The lowest BCUT2D eigenvalue weighted by Gasteiger charge is -2.00. The van der Waals surface area contributed by atoms with Gasteiger partial charge in [-0.2, -0.15) is 10.4 Å². The monoisotopic (exact) mass is 205 g/mol. The number of nitrogens with two attached hydrogens (primary N) is 1. The second kappa shape index (κ2) is 4.72. The van der Waals surface area contributed by atoms with E-state index in [4.69, 9.17) is 16.4 Å². The number of hydrogen-bond donors (Lipinski definition) is 3. The Labute approximate surface area is 85.5 Å². The molecular weight excluding hydrogens is 197 g/mol. The predicted octanol–water partition coefficient (Wildman–Crippen LogP) is 1.05. The number of nitrogens with zero attached hydrogens (tertiary/aromatic N) is 2. The summed E-state index contributed by atoms with van der Waals surface area (Å²) in [6, 6.07) is 7.05. The van der Waals surface area contributed by atoms with E-state index in [0.29, 0.717) is 5.69 Å². The Balaban J connectivity index is 2.76. The number of halogens is 1. The van der Waals surface area contributed by atoms with Crippen molar-refractivity contribution in [1.82, 2.24) is 0 Å². The van der Waals surface area contributed by atoms with Gasteiger partial charge in [-0.1, -0.05) is 0 Å². The van der Waals surface area contributed by atoms with Crippen LogP contribution in [0.1, 0.15) is 0 Å². The minimum Gasteiger partial charge on any atom is -0.382 e. The highest BCUT2D eigenvalue weighted by atomic mass is 19.1. The topological polar surface area (TPSA) is 98.0 Å². The fraction of sp³-hybridized carbons (Fsp3) is 0. The van der Waals surface area contributed by atoms with Crippen molar-refractivity contribution < 1.29 is 4.39 Å². The van der Waals surface area contributed by atoms with Gasteiger partial charge >= 0.3 is 0 Å². The average Bonchev–Trinajstić information content (AvgIpc) is 2.21. The van der Waals surface area contributed by atoms with Gasteiger partial charge in [0.1, 0.15) is 11.9 Å². The molecule has 0 aromatic heterocycles. The van der Waals surface area contributed by atoms with E-state index in [2.05, 4.69) is 10.5 Å². The number of nitrogens with one attached hydrogen (secondary N) is 2. The van der Waals surface area contributed by atoms with E-state index in [-0.39, 0.29) is 11.5 Å². The molecule has 15 heavy (non-hydrogen) atoms. The first-order valence-corrected chi connectivity index (χ1v) is 3.97. The molecule has 5 nitrogen and oxygen atoms in total. The Hall–Kier alpha value is -2.42. The first-order valence-electron chi connectivity index (χ1n) is 3.97. The number of anilines is 1. The lowest BCUT2D eigenvalue weighted by molar-refractivity contribution is 0.628. The molecule has 0 radical (unpaired) electrons. The van der Waals surface area contributed by atoms with Gasteiger partial charge in [0.15, 0.2) is 5.84 Å². The van der Waals surface area contributed by atoms with E-state index in [0.717, 1.165) is 0 Å². The van der Waals surface area contributed by atoms with Gasteiger partial charge in [0.2, 0.25) is 5.71 Å². The van der Waals surface area contributed by atoms with Crippen molar-refractivity contribution >= 4 is 17.2 Å². The van der Waals surface area contributed by atoms with E-state index < -0.39 is 5.84 Å². The largest absolute Gasteiger partial charge is 0.382 e. The maximum absolute atomic E-state index is 12.5. The molecule has 1 rings (SSSR count). The van der Waals surface area contributed by atoms with Crippen LogP contribution in [0.5, 0.6) is 0 Å². The molecule has 0 saturated heterocycles. The second-order valence-electron chi connectivity index (χ2n) is 2.60. The number of benzene rings is 1. The van der Waals surface area contributed by atoms with Gasteiger partial charge in [-0.25, -0.2) is 4.39 Å². The molecule has 1 aromatic carbocycles. The summed E-state index contributed by atoms with van der Waals surface area (Å²) in [5.41, 5.74) is 7.83. The van der Waals surface area contributed by atoms with Crippen LogP contribution in [-0.2, 0) is 0 Å². The number of nitriles is 1. The molecule has 0 bridgehead atoms. The molecule has 0 aliphatic heterocycles. The first-order chi connectivity index (χ1) is 7.13. The highest BCUT2D eigenvalue weighted by Crippen LogP contribution is 2.07. The van der Waals surface area contributed by atoms with Crippen LogP contribution in [0.2, 0.25) is 0 Å². The third-order valence-corrected chi connectivity index (χ3v) is 1.50. The standard InChI is InChI=1S/C9H8FN5/c10-6-1-3-7(4-2-6)14-15-8(5-11)9(12)13/h1-4,14H,(H3,12,13)/b15-8+. The summed E-state index contributed by atoms with van der Waals surface area (Å²) in [6.45, 7) is 0. The lowest BCUT2D eigenvalue weighted by Crippen LogP contribution is -2.21. The molecule has 0 unspecified atom stereocenters. The van der Waals surface area contributed by atoms with Crippen molar-refractivity contribution in [2.24, 2.45) is 10.8 Å². The van der Waals surface area contributed by atoms with Crippen molar-refractivity contribution in [3.05, 3.63) is 30.1 Å². The van der Waals surface area contributed by atoms with Crippen LogP contribution < -0.4 is 11.2 Å². The van der Waals surface area contributed by atoms with Crippen molar-refractivity contribution in [3.63, 3.8) is 0 Å². The SMILES string of the molecule is N#C/C(=N\Nc1ccc(F)cc1)C(=N)N. The number of hydrazone groups is 1. The summed E-state index contributed by atoms with van der Waals surface area (Å²) in [5, 5.41) is 19.1. The van der Waals surface area contributed by atoms with E-state index in [9.17, 15) is 4.39 Å². The summed E-state index contributed by atoms with van der Waals surface area (Å²) in [5.74, 6) is -0.788. The molecule has 4 N–H and O–H groups in total. The molecule has 0 spiro atoms. The fourth-order valence-electron chi connectivity index (χ4n) is 0.790. The maximum atomic E-state index is 12.5. The summed E-state index contributed by atoms with van der Waals surface area (Å²) in [7, 11) is 0. The van der Waals surface area contributed by atoms with Crippen molar-refractivity contribution in [2.75, 3.05) is 5.43 Å². The van der Waals surface area contributed by atoms with Crippen LogP contribution in [0.15, 0.2) is 29.4 Å². The molecule has 0 fully saturated rings. The Kier molecular flexibility index (Phi) is 3.35. The normalized spacial score (nSPS) is 10.5. The zero-order valence-corrected chi connectivity index (χ0v) is 7.66. The van der Waals surface area contributed by atoms with Gasteiger partial charge < -0.3 is 5.73 Å². The van der Waals surface area contributed by atoms with Crippen LogP contribution in [-0.4, -0.2) is 11.5 Å². The highest BCUT2D eigenvalue weighted by Gasteiger charge is 2.00. The van der Waals surface area contributed by atoms with Gasteiger partial charge in [-0.15, -0.1) is 0 Å². The van der Waals surface area contributed by atoms with Crippen molar-refractivity contribution in [1.29, 1.82) is 10.7 Å². The quantitative estimate of drug-likeness (QED) is 0.390. The minimum atomic E-state index is -0.424. The predicted molar refractivity (Wildman–Crippen MR) is 55.0 cm³/mol. The first kappa shape index (κ1) is 10.7. The summed E-state index contributed by atoms with van der Waals surface area (Å²) in [4.78, 5) is 0. The minimum absolute atomic E-state index is 0.223. The Morgan fingerprint density at radius 1 is 1.47 bits per heavy atom. The van der Waals surface area contributed by atoms with E-state index in [1.807, 2.05) is 0 Å². The molecule has 76 valence electrons. The lowest BCUT2D eigenvalue weighted by atomic mass is 10.3. The highest BCUT2D eigenvalue weighted by molar-refractivity contribution is 6.45. The average molecular weight is 205 g/mol. The van der Waals surface area contributed by atoms with E-state index in [1.54, 1.807) is 6.07 Å². The summed E-state index contributed by atoms with van der Waals surface area (Å²) in [6.07, 6.45) is 0. The third-order valence-electron chi connectivity index (χ3n) is 1.50. The Bertz CT molecular complexity index is 429. The zero-order valence-electron chi connectivity index (χ0n) is 7.66. The molecular formula is C9H8FN5. The molecule has 0 saturated carbocycles. The van der Waals surface area contributed by atoms with Crippen molar-refractivity contribution in [2.45, 2.75) is 0 Å². The van der Waals surface area contributed by atoms with E-state index >= 15 is 0 Å². The summed E-state index contributed by atoms with van der Waals surface area (Å²) < 4.78 is 12.5. The second-order valence-corrected chi connectivity index (χ2v) is 2.60. The van der Waals surface area contributed by atoms with Crippen LogP contribution in [0.4, 0.5) is 10.1 Å². The maximum Gasteiger partial charge on any atom is 0.201 e. The van der Waals surface area contributed by atoms with E-state index in [1.165, 1.54) is 24.3 Å². The van der Waals surface area contributed by atoms with Gasteiger partial charge in [0.05, 0.1) is 5.69 Å². The molecule has 0 aliphatic rings. The Morgan fingerprint density at radius 2 is 2.07 bits per heavy atom. The van der Waals surface area contributed by atoms with Gasteiger partial charge in [-0.3, -0.25) is 10.8 Å². The molecule has 0 heterocycles. The summed E-state index contributed by atoms with van der Waals surface area (Å²) >= 11 is 0. The molecule has 6 heteroatoms. The number of hydrogen-bond acceptors (Lipinski definition) is 4. The van der Waals surface area contributed by atoms with Gasteiger partial charge in [-0.05, 0) is 24.3 Å². The van der Waals surface area contributed by atoms with Crippen LogP contribution >= 0.6 is 0 Å². The van der Waals surface area contributed by atoms with Gasteiger partial charge in [0, 0.05) is 0 Å². The number of amidine groups is 1. The third kappa shape index (κ3) is 3.08. The molecule has 1 aromatic rings. The molecule has 0 atom stereocenters. The molecule has 0 aliphatic carbocycles. The fourth-order valence-corrected chi connectivity index (χ4v) is 0.790. The number of rotatable bonds is 3. The van der Waals surface area contributed by atoms with Crippen LogP contribution in [0.25, 0.3) is 0 Å². The van der Waals surface area contributed by atoms with Crippen LogP contribution in [0.3, 0.4) is 0 Å². The van der Waals surface area contributed by atoms with Crippen molar-refractivity contribution in [3.8, 4) is 6.07 Å².